The predicted molar refractivity (Wildman–Crippen MR) is 107 cm³/mol. The van der Waals surface area contributed by atoms with Crippen molar-refractivity contribution in [3.05, 3.63) is 40.0 Å². The lowest BCUT2D eigenvalue weighted by Crippen LogP contribution is -2.60. The van der Waals surface area contributed by atoms with Crippen LogP contribution in [0.1, 0.15) is 44.9 Å². The first-order chi connectivity index (χ1) is 13.1. The lowest BCUT2D eigenvalue weighted by atomic mass is 9.75. The SMILES string of the molecule is O=c1ccc(-c2cccs2)nn1CC1(O)CC2CCCC(C1)N2CC1CC1. The Balaban J connectivity index is 1.37. The Labute approximate surface area is 163 Å². The van der Waals surface area contributed by atoms with E-state index < -0.39 is 5.60 Å². The minimum Gasteiger partial charge on any atom is -0.388 e. The Bertz CT molecular complexity index is 845. The summed E-state index contributed by atoms with van der Waals surface area (Å²) in [5, 5.41) is 18.0. The highest BCUT2D eigenvalue weighted by Crippen LogP contribution is 2.42. The van der Waals surface area contributed by atoms with Gasteiger partial charge in [-0.25, -0.2) is 4.68 Å². The molecule has 3 aliphatic rings. The molecule has 5 rings (SSSR count). The third kappa shape index (κ3) is 3.62. The van der Waals surface area contributed by atoms with E-state index in [4.69, 9.17) is 0 Å². The molecule has 27 heavy (non-hydrogen) atoms. The van der Waals surface area contributed by atoms with Crippen LogP contribution in [0.25, 0.3) is 10.6 Å². The quantitative estimate of drug-likeness (QED) is 0.859. The van der Waals surface area contributed by atoms with E-state index >= 15 is 0 Å². The lowest BCUT2D eigenvalue weighted by Gasteiger charge is -2.52. The highest BCUT2D eigenvalue weighted by atomic mass is 32.1. The van der Waals surface area contributed by atoms with Crippen molar-refractivity contribution in [3.63, 3.8) is 0 Å². The third-order valence-electron chi connectivity index (χ3n) is 6.49. The summed E-state index contributed by atoms with van der Waals surface area (Å²) in [5.41, 5.74) is -0.158. The number of rotatable bonds is 5. The van der Waals surface area contributed by atoms with Crippen molar-refractivity contribution in [1.82, 2.24) is 14.7 Å². The molecule has 144 valence electrons. The molecule has 2 aromatic rings. The molecule has 2 bridgehead atoms. The summed E-state index contributed by atoms with van der Waals surface area (Å²) in [6, 6.07) is 8.27. The first-order valence-electron chi connectivity index (χ1n) is 10.2. The monoisotopic (exact) mass is 385 g/mol. The maximum atomic E-state index is 12.4. The number of aromatic nitrogens is 2. The molecule has 2 saturated heterocycles. The average Bonchev–Trinajstić information content (AvgIpc) is 3.27. The second-order valence-corrected chi connectivity index (χ2v) is 9.65. The van der Waals surface area contributed by atoms with Gasteiger partial charge in [-0.1, -0.05) is 12.5 Å². The van der Waals surface area contributed by atoms with Crippen molar-refractivity contribution in [2.24, 2.45) is 5.92 Å². The van der Waals surface area contributed by atoms with Crippen molar-refractivity contribution in [2.75, 3.05) is 6.54 Å². The molecule has 1 aliphatic carbocycles. The second-order valence-electron chi connectivity index (χ2n) is 8.70. The number of aliphatic hydroxyl groups is 1. The maximum absolute atomic E-state index is 12.4. The Morgan fingerprint density at radius 2 is 1.93 bits per heavy atom. The molecule has 1 saturated carbocycles. The van der Waals surface area contributed by atoms with Crippen LogP contribution in [0.15, 0.2) is 34.4 Å². The molecular weight excluding hydrogens is 358 g/mol. The van der Waals surface area contributed by atoms with Crippen LogP contribution in [0.3, 0.4) is 0 Å². The number of thiophene rings is 1. The minimum atomic E-state index is -0.833. The van der Waals surface area contributed by atoms with Gasteiger partial charge in [-0.15, -0.1) is 11.3 Å². The fraction of sp³-hybridized carbons (Fsp3) is 0.619. The van der Waals surface area contributed by atoms with E-state index in [9.17, 15) is 9.90 Å². The van der Waals surface area contributed by atoms with Crippen LogP contribution in [0.2, 0.25) is 0 Å². The molecule has 2 unspecified atom stereocenters. The van der Waals surface area contributed by atoms with E-state index in [1.54, 1.807) is 23.5 Å². The van der Waals surface area contributed by atoms with Crippen molar-refractivity contribution in [2.45, 2.75) is 69.2 Å². The summed E-state index contributed by atoms with van der Waals surface area (Å²) in [6.45, 7) is 1.51. The fourth-order valence-electron chi connectivity index (χ4n) is 5.04. The summed E-state index contributed by atoms with van der Waals surface area (Å²) in [5.74, 6) is 0.881. The molecule has 0 aromatic carbocycles. The third-order valence-corrected chi connectivity index (χ3v) is 7.39. The van der Waals surface area contributed by atoms with Crippen LogP contribution in [0.4, 0.5) is 0 Å². The van der Waals surface area contributed by atoms with Gasteiger partial charge < -0.3 is 5.11 Å². The highest BCUT2D eigenvalue weighted by Gasteiger charge is 2.46. The van der Waals surface area contributed by atoms with Crippen molar-refractivity contribution in [1.29, 1.82) is 0 Å². The molecule has 0 amide bonds. The van der Waals surface area contributed by atoms with E-state index in [1.807, 2.05) is 17.5 Å². The second kappa shape index (κ2) is 6.83. The molecule has 0 radical (unpaired) electrons. The first kappa shape index (κ1) is 17.6. The van der Waals surface area contributed by atoms with Gasteiger partial charge in [0.1, 0.15) is 5.69 Å². The molecule has 2 aliphatic heterocycles. The van der Waals surface area contributed by atoms with E-state index in [2.05, 4.69) is 10.00 Å². The molecule has 2 aromatic heterocycles. The van der Waals surface area contributed by atoms with E-state index in [0.717, 1.165) is 29.3 Å². The summed E-state index contributed by atoms with van der Waals surface area (Å²) >= 11 is 1.61. The number of piperidine rings is 2. The molecule has 2 atom stereocenters. The highest BCUT2D eigenvalue weighted by molar-refractivity contribution is 7.13. The zero-order valence-corrected chi connectivity index (χ0v) is 16.4. The minimum absolute atomic E-state index is 0.130. The van der Waals surface area contributed by atoms with Crippen LogP contribution in [-0.4, -0.2) is 44.0 Å². The Kier molecular flexibility index (Phi) is 4.45. The van der Waals surface area contributed by atoms with Crippen molar-refractivity contribution < 1.29 is 5.11 Å². The topological polar surface area (TPSA) is 58.4 Å². The largest absolute Gasteiger partial charge is 0.388 e. The zero-order chi connectivity index (χ0) is 18.4. The molecule has 5 nitrogen and oxygen atoms in total. The predicted octanol–water partition coefficient (Wildman–Crippen LogP) is 3.13. The number of nitrogens with zero attached hydrogens (tertiary/aromatic N) is 3. The van der Waals surface area contributed by atoms with Gasteiger partial charge in [0.05, 0.1) is 17.0 Å². The Morgan fingerprint density at radius 3 is 2.59 bits per heavy atom. The molecular formula is C21H27N3O2S. The standard InChI is InChI=1S/C21H27N3O2S/c25-20-9-8-18(19-5-2-10-27-19)22-24(20)14-21(26)11-16-3-1-4-17(12-21)23(16)13-15-6-7-15/h2,5,8-10,15-17,26H,1,3-4,6-7,11-14H2. The molecule has 4 heterocycles. The molecule has 0 spiro atoms. The molecule has 6 heteroatoms. The van der Waals surface area contributed by atoms with E-state index in [1.165, 1.54) is 43.3 Å². The van der Waals surface area contributed by atoms with Gasteiger partial charge in [0.2, 0.25) is 0 Å². The molecule has 3 fully saturated rings. The summed E-state index contributed by atoms with van der Waals surface area (Å²) in [7, 11) is 0. The van der Waals surface area contributed by atoms with Crippen LogP contribution < -0.4 is 5.56 Å². The number of fused-ring (bicyclic) bond motifs is 2. The smallest absolute Gasteiger partial charge is 0.266 e. The summed E-state index contributed by atoms with van der Waals surface area (Å²) < 4.78 is 1.49. The van der Waals surface area contributed by atoms with Crippen LogP contribution in [-0.2, 0) is 6.54 Å². The van der Waals surface area contributed by atoms with Gasteiger partial charge in [0.25, 0.3) is 5.56 Å². The number of hydrogen-bond acceptors (Lipinski definition) is 5. The number of hydrogen-bond donors (Lipinski definition) is 1. The van der Waals surface area contributed by atoms with Crippen molar-refractivity contribution in [3.8, 4) is 10.6 Å². The fourth-order valence-corrected chi connectivity index (χ4v) is 5.73. The van der Waals surface area contributed by atoms with Gasteiger partial charge >= 0.3 is 0 Å². The summed E-state index contributed by atoms with van der Waals surface area (Å²) in [6.07, 6.45) is 7.86. The Hall–Kier alpha value is -1.50. The zero-order valence-electron chi connectivity index (χ0n) is 15.6. The van der Waals surface area contributed by atoms with Gasteiger partial charge in [-0.05, 0) is 62.0 Å². The Morgan fingerprint density at radius 1 is 1.15 bits per heavy atom. The van der Waals surface area contributed by atoms with Crippen molar-refractivity contribution >= 4 is 11.3 Å². The van der Waals surface area contributed by atoms with E-state index in [0.29, 0.717) is 18.6 Å². The van der Waals surface area contributed by atoms with Gasteiger partial charge in [-0.3, -0.25) is 9.69 Å². The van der Waals surface area contributed by atoms with Crippen LogP contribution in [0.5, 0.6) is 0 Å². The average molecular weight is 386 g/mol. The lowest BCUT2D eigenvalue weighted by molar-refractivity contribution is -0.103. The van der Waals surface area contributed by atoms with Crippen LogP contribution in [0, 0.1) is 5.92 Å². The van der Waals surface area contributed by atoms with Gasteiger partial charge in [0.15, 0.2) is 0 Å². The maximum Gasteiger partial charge on any atom is 0.266 e. The summed E-state index contributed by atoms with van der Waals surface area (Å²) in [4.78, 5) is 16.1. The first-order valence-corrected chi connectivity index (χ1v) is 11.1. The molecule has 1 N–H and O–H groups in total. The van der Waals surface area contributed by atoms with Gasteiger partial charge in [-0.2, -0.15) is 5.10 Å². The normalized spacial score (nSPS) is 31.1. The van der Waals surface area contributed by atoms with Gasteiger partial charge in [0, 0.05) is 24.7 Å². The van der Waals surface area contributed by atoms with E-state index in [-0.39, 0.29) is 5.56 Å². The van der Waals surface area contributed by atoms with Crippen LogP contribution >= 0.6 is 11.3 Å².